The Kier molecular flexibility index (Phi) is 7.47. The predicted octanol–water partition coefficient (Wildman–Crippen LogP) is 0.469. The summed E-state index contributed by atoms with van der Waals surface area (Å²) in [5, 5.41) is 11.5. The number of carbonyl (C=O) groups excluding carboxylic acids is 1. The van der Waals surface area contributed by atoms with E-state index in [9.17, 15) is 13.2 Å². The van der Waals surface area contributed by atoms with E-state index in [2.05, 4.69) is 5.32 Å². The summed E-state index contributed by atoms with van der Waals surface area (Å²) >= 11 is 0. The van der Waals surface area contributed by atoms with Gasteiger partial charge in [0.2, 0.25) is 15.9 Å². The molecule has 7 heteroatoms. The van der Waals surface area contributed by atoms with Crippen molar-refractivity contribution in [2.75, 3.05) is 25.4 Å². The van der Waals surface area contributed by atoms with E-state index in [4.69, 9.17) is 5.11 Å². The lowest BCUT2D eigenvalue weighted by Gasteiger charge is -2.23. The summed E-state index contributed by atoms with van der Waals surface area (Å²) in [5.41, 5.74) is 0. The van der Waals surface area contributed by atoms with Crippen LogP contribution in [0.1, 0.15) is 45.4 Å². The van der Waals surface area contributed by atoms with Gasteiger partial charge >= 0.3 is 0 Å². The topological polar surface area (TPSA) is 86.7 Å². The summed E-state index contributed by atoms with van der Waals surface area (Å²) in [6.07, 6.45) is 4.31. The van der Waals surface area contributed by atoms with Crippen LogP contribution in [0.3, 0.4) is 0 Å². The highest BCUT2D eigenvalue weighted by Crippen LogP contribution is 2.21. The molecule has 1 unspecified atom stereocenters. The Hall–Kier alpha value is -0.660. The van der Waals surface area contributed by atoms with Crippen molar-refractivity contribution in [2.24, 2.45) is 0 Å². The Morgan fingerprint density at radius 2 is 2.10 bits per heavy atom. The molecule has 0 saturated carbocycles. The van der Waals surface area contributed by atoms with E-state index >= 15 is 0 Å². The summed E-state index contributed by atoms with van der Waals surface area (Å²) in [6.45, 7) is 2.98. The highest BCUT2D eigenvalue weighted by atomic mass is 32.2. The number of amides is 1. The Labute approximate surface area is 121 Å². The number of nitrogens with one attached hydrogen (secondary N) is 1. The normalized spacial score (nSPS) is 20.2. The highest BCUT2D eigenvalue weighted by molar-refractivity contribution is 7.89. The zero-order chi connectivity index (χ0) is 15.0. The first-order valence-corrected chi connectivity index (χ1v) is 9.02. The molecule has 1 aliphatic rings. The van der Waals surface area contributed by atoms with Gasteiger partial charge in [0.15, 0.2) is 0 Å². The summed E-state index contributed by atoms with van der Waals surface area (Å²) in [5.74, 6) is -0.0843. The van der Waals surface area contributed by atoms with Gasteiger partial charge in [0.05, 0.1) is 5.75 Å². The van der Waals surface area contributed by atoms with E-state index in [1.807, 2.05) is 6.92 Å². The number of rotatable bonds is 9. The van der Waals surface area contributed by atoms with Gasteiger partial charge in [-0.1, -0.05) is 6.92 Å². The van der Waals surface area contributed by atoms with Gasteiger partial charge in [0.1, 0.15) is 6.04 Å². The molecule has 1 amide bonds. The Bertz CT molecular complexity index is 397. The van der Waals surface area contributed by atoms with Crippen LogP contribution in [0.25, 0.3) is 0 Å². The van der Waals surface area contributed by atoms with E-state index in [-0.39, 0.29) is 18.3 Å². The molecule has 0 spiro atoms. The summed E-state index contributed by atoms with van der Waals surface area (Å²) < 4.78 is 25.5. The van der Waals surface area contributed by atoms with Crippen molar-refractivity contribution >= 4 is 15.9 Å². The largest absolute Gasteiger partial charge is 0.396 e. The van der Waals surface area contributed by atoms with Gasteiger partial charge in [0, 0.05) is 19.7 Å². The third kappa shape index (κ3) is 5.03. The molecule has 1 rings (SSSR count). The van der Waals surface area contributed by atoms with E-state index in [0.29, 0.717) is 25.9 Å². The molecule has 2 N–H and O–H groups in total. The first-order valence-electron chi connectivity index (χ1n) is 7.41. The van der Waals surface area contributed by atoms with Crippen molar-refractivity contribution in [1.29, 1.82) is 0 Å². The van der Waals surface area contributed by atoms with Gasteiger partial charge in [0.25, 0.3) is 0 Å². The lowest BCUT2D eigenvalue weighted by Crippen LogP contribution is -2.46. The smallest absolute Gasteiger partial charge is 0.238 e. The maximum absolute atomic E-state index is 12.1. The molecule has 1 saturated heterocycles. The predicted molar refractivity (Wildman–Crippen MR) is 77.8 cm³/mol. The van der Waals surface area contributed by atoms with Crippen LogP contribution in [0, 0.1) is 0 Å². The second-order valence-electron chi connectivity index (χ2n) is 5.16. The maximum Gasteiger partial charge on any atom is 0.238 e. The van der Waals surface area contributed by atoms with Gasteiger partial charge in [-0.2, -0.15) is 4.31 Å². The maximum atomic E-state index is 12.1. The monoisotopic (exact) mass is 306 g/mol. The van der Waals surface area contributed by atoms with Gasteiger partial charge in [-0.15, -0.1) is 0 Å². The SMILES string of the molecule is CCCS(=O)(=O)N1CCCC1C(=O)NCCCCCO. The quantitative estimate of drug-likeness (QED) is 0.606. The van der Waals surface area contributed by atoms with Crippen molar-refractivity contribution in [3.63, 3.8) is 0 Å². The summed E-state index contributed by atoms with van der Waals surface area (Å²) in [4.78, 5) is 12.1. The fourth-order valence-corrected chi connectivity index (χ4v) is 4.20. The third-order valence-electron chi connectivity index (χ3n) is 3.46. The molecule has 0 bridgehead atoms. The Morgan fingerprint density at radius 1 is 1.35 bits per heavy atom. The molecular formula is C13H26N2O4S. The first kappa shape index (κ1) is 17.4. The van der Waals surface area contributed by atoms with Crippen molar-refractivity contribution in [3.8, 4) is 0 Å². The van der Waals surface area contributed by atoms with E-state index in [1.165, 1.54) is 4.31 Å². The standard InChI is InChI=1S/C13H26N2O4S/c1-2-11-20(18,19)15-9-6-7-12(15)13(17)14-8-4-3-5-10-16/h12,16H,2-11H2,1H3,(H,14,17). The van der Waals surface area contributed by atoms with E-state index in [1.54, 1.807) is 0 Å². The molecule has 118 valence electrons. The lowest BCUT2D eigenvalue weighted by molar-refractivity contribution is -0.124. The summed E-state index contributed by atoms with van der Waals surface area (Å²) in [7, 11) is -3.30. The Balaban J connectivity index is 2.46. The van der Waals surface area contributed by atoms with E-state index < -0.39 is 16.1 Å². The molecule has 6 nitrogen and oxygen atoms in total. The first-order chi connectivity index (χ1) is 9.53. The van der Waals surface area contributed by atoms with Crippen LogP contribution < -0.4 is 5.32 Å². The zero-order valence-corrected chi connectivity index (χ0v) is 13.0. The second kappa shape index (κ2) is 8.59. The van der Waals surface area contributed by atoms with Crippen LogP contribution in [-0.2, 0) is 14.8 Å². The van der Waals surface area contributed by atoms with Crippen LogP contribution in [0.5, 0.6) is 0 Å². The molecule has 1 heterocycles. The molecule has 20 heavy (non-hydrogen) atoms. The van der Waals surface area contributed by atoms with Gasteiger partial charge in [-0.05, 0) is 38.5 Å². The van der Waals surface area contributed by atoms with Gasteiger partial charge < -0.3 is 10.4 Å². The zero-order valence-electron chi connectivity index (χ0n) is 12.2. The number of unbranched alkanes of at least 4 members (excludes halogenated alkanes) is 2. The minimum absolute atomic E-state index is 0.104. The third-order valence-corrected chi connectivity index (χ3v) is 5.54. The average molecular weight is 306 g/mol. The van der Waals surface area contributed by atoms with Crippen molar-refractivity contribution in [2.45, 2.75) is 51.5 Å². The van der Waals surface area contributed by atoms with Crippen LogP contribution in [-0.4, -0.2) is 55.2 Å². The lowest BCUT2D eigenvalue weighted by atomic mass is 10.2. The summed E-state index contributed by atoms with van der Waals surface area (Å²) in [6, 6.07) is -0.538. The van der Waals surface area contributed by atoms with Crippen molar-refractivity contribution < 1.29 is 18.3 Å². The van der Waals surface area contributed by atoms with Gasteiger partial charge in [-0.3, -0.25) is 4.79 Å². The number of hydrogen-bond donors (Lipinski definition) is 2. The molecule has 1 fully saturated rings. The van der Waals surface area contributed by atoms with Crippen LogP contribution in [0.2, 0.25) is 0 Å². The van der Waals surface area contributed by atoms with Crippen molar-refractivity contribution in [3.05, 3.63) is 0 Å². The highest BCUT2D eigenvalue weighted by Gasteiger charge is 2.37. The molecular weight excluding hydrogens is 280 g/mol. The Morgan fingerprint density at radius 3 is 2.75 bits per heavy atom. The van der Waals surface area contributed by atoms with E-state index in [0.717, 1.165) is 25.7 Å². The molecule has 0 aliphatic carbocycles. The average Bonchev–Trinajstić information content (AvgIpc) is 2.88. The van der Waals surface area contributed by atoms with Crippen molar-refractivity contribution in [1.82, 2.24) is 9.62 Å². The fourth-order valence-electron chi connectivity index (χ4n) is 2.45. The molecule has 0 aromatic rings. The number of aliphatic hydroxyl groups excluding tert-OH is 1. The van der Waals surface area contributed by atoms with Gasteiger partial charge in [-0.25, -0.2) is 8.42 Å². The van der Waals surface area contributed by atoms with Crippen LogP contribution >= 0.6 is 0 Å². The fraction of sp³-hybridized carbons (Fsp3) is 0.923. The number of sulfonamides is 1. The number of hydrogen-bond acceptors (Lipinski definition) is 4. The molecule has 1 aliphatic heterocycles. The number of carbonyl (C=O) groups is 1. The molecule has 0 radical (unpaired) electrons. The van der Waals surface area contributed by atoms with Crippen LogP contribution in [0.15, 0.2) is 0 Å². The molecule has 1 atom stereocenters. The second-order valence-corrected chi connectivity index (χ2v) is 7.20. The number of aliphatic hydroxyl groups is 1. The minimum atomic E-state index is -3.30. The molecule has 0 aromatic heterocycles. The van der Waals surface area contributed by atoms with Crippen LogP contribution in [0.4, 0.5) is 0 Å². The minimum Gasteiger partial charge on any atom is -0.396 e. The number of nitrogens with zero attached hydrogens (tertiary/aromatic N) is 1. The molecule has 0 aromatic carbocycles.